The minimum atomic E-state index is -0.956. The third-order valence-electron chi connectivity index (χ3n) is 5.16. The molecule has 0 bridgehead atoms. The largest absolute Gasteiger partial charge is 0.481 e. The number of benzene rings is 2. The Morgan fingerprint density at radius 2 is 1.61 bits per heavy atom. The number of aryl methyl sites for hydroxylation is 1. The maximum Gasteiger partial charge on any atom is 0.307 e. The first kappa shape index (κ1) is 22.6. The molecule has 0 saturated heterocycles. The van der Waals surface area contributed by atoms with Crippen molar-refractivity contribution in [1.82, 2.24) is 0 Å². The van der Waals surface area contributed by atoms with Crippen LogP contribution in [0.4, 0.5) is 11.4 Å². The maximum atomic E-state index is 12.7. The zero-order valence-electron chi connectivity index (χ0n) is 17.5. The summed E-state index contributed by atoms with van der Waals surface area (Å²) in [5, 5.41) is 14.8. The first-order valence-corrected chi connectivity index (χ1v) is 11.0. The standard InChI is InChI=1S/C24H26N2O4S/c1-15-7-5-8-17(13-15)25-22(27)16(2)31-19-10-6-9-18(14-19)26-23(28)20-11-3-4-12-21(20)24(29)30/h3-10,13-14,16,20-21H,11-12H2,1-2H3,(H,25,27)(H,26,28)(H,29,30). The molecule has 0 spiro atoms. The van der Waals surface area contributed by atoms with Crippen molar-refractivity contribution in [1.29, 1.82) is 0 Å². The molecule has 0 heterocycles. The van der Waals surface area contributed by atoms with Gasteiger partial charge in [0.15, 0.2) is 0 Å². The van der Waals surface area contributed by atoms with Crippen molar-refractivity contribution in [3.05, 3.63) is 66.2 Å². The molecule has 1 aliphatic carbocycles. The van der Waals surface area contributed by atoms with Gasteiger partial charge in [-0.05, 0) is 62.6 Å². The third kappa shape index (κ3) is 6.21. The quantitative estimate of drug-likeness (QED) is 0.429. The number of carboxylic acid groups (broad SMARTS) is 1. The number of allylic oxidation sites excluding steroid dienone is 2. The van der Waals surface area contributed by atoms with Crippen molar-refractivity contribution in [2.24, 2.45) is 11.8 Å². The first-order valence-electron chi connectivity index (χ1n) is 10.2. The molecule has 1 aliphatic rings. The van der Waals surface area contributed by atoms with E-state index in [9.17, 15) is 19.5 Å². The summed E-state index contributed by atoms with van der Waals surface area (Å²) in [5.41, 5.74) is 2.41. The van der Waals surface area contributed by atoms with E-state index < -0.39 is 17.8 Å². The summed E-state index contributed by atoms with van der Waals surface area (Å²) in [6, 6.07) is 14.9. The Labute approximate surface area is 186 Å². The van der Waals surface area contributed by atoms with Crippen LogP contribution in [0.25, 0.3) is 0 Å². The number of aliphatic carboxylic acids is 1. The Hall–Kier alpha value is -3.06. The number of hydrogen-bond donors (Lipinski definition) is 3. The van der Waals surface area contributed by atoms with E-state index in [-0.39, 0.29) is 17.1 Å². The van der Waals surface area contributed by atoms with Gasteiger partial charge in [-0.25, -0.2) is 0 Å². The van der Waals surface area contributed by atoms with Gasteiger partial charge < -0.3 is 15.7 Å². The van der Waals surface area contributed by atoms with Crippen molar-refractivity contribution in [3.63, 3.8) is 0 Å². The number of carboxylic acids is 1. The highest BCUT2D eigenvalue weighted by atomic mass is 32.2. The Morgan fingerprint density at radius 1 is 0.968 bits per heavy atom. The smallest absolute Gasteiger partial charge is 0.307 e. The zero-order chi connectivity index (χ0) is 22.4. The number of amides is 2. The lowest BCUT2D eigenvalue weighted by molar-refractivity contribution is -0.146. The van der Waals surface area contributed by atoms with E-state index in [1.54, 1.807) is 18.2 Å². The Balaban J connectivity index is 1.61. The summed E-state index contributed by atoms with van der Waals surface area (Å²) in [6.07, 6.45) is 4.43. The van der Waals surface area contributed by atoms with E-state index in [4.69, 9.17) is 0 Å². The fourth-order valence-electron chi connectivity index (χ4n) is 3.48. The Kier molecular flexibility index (Phi) is 7.52. The predicted octanol–water partition coefficient (Wildman–Crippen LogP) is 4.72. The molecule has 31 heavy (non-hydrogen) atoms. The van der Waals surface area contributed by atoms with Gasteiger partial charge in [-0.15, -0.1) is 11.8 Å². The van der Waals surface area contributed by atoms with Crippen LogP contribution in [0, 0.1) is 18.8 Å². The average molecular weight is 439 g/mol. The van der Waals surface area contributed by atoms with Gasteiger partial charge in [0.2, 0.25) is 11.8 Å². The molecule has 3 atom stereocenters. The molecule has 2 aromatic rings. The van der Waals surface area contributed by atoms with Crippen LogP contribution < -0.4 is 10.6 Å². The number of thioether (sulfide) groups is 1. The van der Waals surface area contributed by atoms with Gasteiger partial charge in [0.25, 0.3) is 0 Å². The minimum Gasteiger partial charge on any atom is -0.481 e. The number of rotatable bonds is 7. The number of hydrogen-bond acceptors (Lipinski definition) is 4. The monoisotopic (exact) mass is 438 g/mol. The molecule has 162 valence electrons. The van der Waals surface area contributed by atoms with E-state index in [0.717, 1.165) is 16.1 Å². The van der Waals surface area contributed by atoms with Crippen LogP contribution in [0.15, 0.2) is 65.6 Å². The molecule has 0 saturated carbocycles. The predicted molar refractivity (Wildman–Crippen MR) is 123 cm³/mol. The van der Waals surface area contributed by atoms with Crippen LogP contribution in [0.3, 0.4) is 0 Å². The fourth-order valence-corrected chi connectivity index (χ4v) is 4.41. The normalized spacial score (nSPS) is 18.8. The van der Waals surface area contributed by atoms with Crippen LogP contribution in [-0.4, -0.2) is 28.1 Å². The number of carbonyl (C=O) groups is 3. The second-order valence-electron chi connectivity index (χ2n) is 7.63. The summed E-state index contributed by atoms with van der Waals surface area (Å²) in [4.78, 5) is 37.5. The van der Waals surface area contributed by atoms with Crippen LogP contribution in [-0.2, 0) is 14.4 Å². The minimum absolute atomic E-state index is 0.108. The highest BCUT2D eigenvalue weighted by molar-refractivity contribution is 8.00. The molecule has 2 amide bonds. The van der Waals surface area contributed by atoms with Crippen molar-refractivity contribution >= 4 is 40.9 Å². The van der Waals surface area contributed by atoms with Gasteiger partial charge in [-0.2, -0.15) is 0 Å². The number of anilines is 2. The Morgan fingerprint density at radius 3 is 2.29 bits per heavy atom. The second-order valence-corrected chi connectivity index (χ2v) is 9.04. The summed E-state index contributed by atoms with van der Waals surface area (Å²) in [7, 11) is 0. The lowest BCUT2D eigenvalue weighted by atomic mass is 9.82. The van der Waals surface area contributed by atoms with Crippen molar-refractivity contribution in [2.75, 3.05) is 10.6 Å². The third-order valence-corrected chi connectivity index (χ3v) is 6.25. The average Bonchev–Trinajstić information content (AvgIpc) is 2.74. The van der Waals surface area contributed by atoms with Gasteiger partial charge in [-0.3, -0.25) is 14.4 Å². The molecular weight excluding hydrogens is 412 g/mol. The molecule has 3 N–H and O–H groups in total. The molecular formula is C24H26N2O4S. The van der Waals surface area contributed by atoms with Crippen LogP contribution in [0.5, 0.6) is 0 Å². The van der Waals surface area contributed by atoms with E-state index >= 15 is 0 Å². The molecule has 0 radical (unpaired) electrons. The van der Waals surface area contributed by atoms with Crippen LogP contribution in [0.2, 0.25) is 0 Å². The number of nitrogens with one attached hydrogen (secondary N) is 2. The summed E-state index contributed by atoms with van der Waals surface area (Å²) < 4.78 is 0. The van der Waals surface area contributed by atoms with Crippen molar-refractivity contribution in [3.8, 4) is 0 Å². The van der Waals surface area contributed by atoms with E-state index in [1.165, 1.54) is 11.8 Å². The Bertz CT molecular complexity index is 1000. The maximum absolute atomic E-state index is 12.7. The highest BCUT2D eigenvalue weighted by Gasteiger charge is 2.34. The van der Waals surface area contributed by atoms with Crippen LogP contribution >= 0.6 is 11.8 Å². The summed E-state index contributed by atoms with van der Waals surface area (Å²) in [6.45, 7) is 3.79. The molecule has 7 heteroatoms. The molecule has 0 aliphatic heterocycles. The first-order chi connectivity index (χ1) is 14.8. The summed E-state index contributed by atoms with van der Waals surface area (Å²) >= 11 is 1.39. The van der Waals surface area contributed by atoms with Gasteiger partial charge in [-0.1, -0.05) is 30.4 Å². The topological polar surface area (TPSA) is 95.5 Å². The lowest BCUT2D eigenvalue weighted by Crippen LogP contribution is -2.34. The second kappa shape index (κ2) is 10.3. The van der Waals surface area contributed by atoms with Gasteiger partial charge in [0, 0.05) is 16.3 Å². The molecule has 3 unspecified atom stereocenters. The zero-order valence-corrected chi connectivity index (χ0v) is 18.3. The molecule has 6 nitrogen and oxygen atoms in total. The van der Waals surface area contributed by atoms with Gasteiger partial charge in [0.05, 0.1) is 17.1 Å². The van der Waals surface area contributed by atoms with Gasteiger partial charge >= 0.3 is 5.97 Å². The van der Waals surface area contributed by atoms with E-state index in [0.29, 0.717) is 18.5 Å². The van der Waals surface area contributed by atoms with Crippen molar-refractivity contribution in [2.45, 2.75) is 36.8 Å². The van der Waals surface area contributed by atoms with E-state index in [1.807, 2.05) is 56.3 Å². The van der Waals surface area contributed by atoms with Crippen molar-refractivity contribution < 1.29 is 19.5 Å². The summed E-state index contributed by atoms with van der Waals surface area (Å²) in [5.74, 6) is -2.68. The van der Waals surface area contributed by atoms with E-state index in [2.05, 4.69) is 10.6 Å². The highest BCUT2D eigenvalue weighted by Crippen LogP contribution is 2.29. The van der Waals surface area contributed by atoms with Crippen LogP contribution in [0.1, 0.15) is 25.3 Å². The molecule has 2 aromatic carbocycles. The fraction of sp³-hybridized carbons (Fsp3) is 0.292. The SMILES string of the molecule is Cc1cccc(NC(=O)C(C)Sc2cccc(NC(=O)C3CC=CCC3C(=O)O)c2)c1. The molecule has 3 rings (SSSR count). The lowest BCUT2D eigenvalue weighted by Gasteiger charge is -2.24. The van der Waals surface area contributed by atoms with Gasteiger partial charge in [0.1, 0.15) is 0 Å². The molecule has 0 fully saturated rings. The molecule has 0 aromatic heterocycles. The number of carbonyl (C=O) groups excluding carboxylic acids is 2.